The summed E-state index contributed by atoms with van der Waals surface area (Å²) in [5.74, 6) is 0.647. The standard InChI is InChI=1S/C19H22BrFN2O/c1-2-24-18-7-6-15(20)13-17(18)19(23-10-8-22-9-11-23)14-4-3-5-16(21)12-14/h3-7,12-13,19,22H,2,8-11H2,1H3. The van der Waals surface area contributed by atoms with E-state index in [-0.39, 0.29) is 11.9 Å². The summed E-state index contributed by atoms with van der Waals surface area (Å²) >= 11 is 3.57. The van der Waals surface area contributed by atoms with E-state index in [0.29, 0.717) is 6.61 Å². The number of hydrogen-bond donors (Lipinski definition) is 1. The normalized spacial score (nSPS) is 16.8. The molecular weight excluding hydrogens is 371 g/mol. The molecule has 1 aliphatic heterocycles. The topological polar surface area (TPSA) is 24.5 Å². The Morgan fingerprint density at radius 3 is 2.71 bits per heavy atom. The van der Waals surface area contributed by atoms with Crippen molar-refractivity contribution < 1.29 is 9.13 Å². The number of hydrogen-bond acceptors (Lipinski definition) is 3. The minimum atomic E-state index is -0.208. The summed E-state index contributed by atoms with van der Waals surface area (Å²) in [5, 5.41) is 3.38. The van der Waals surface area contributed by atoms with Crippen molar-refractivity contribution in [3.8, 4) is 5.75 Å². The van der Waals surface area contributed by atoms with Gasteiger partial charge < -0.3 is 10.1 Å². The Labute approximate surface area is 150 Å². The molecule has 3 rings (SSSR count). The van der Waals surface area contributed by atoms with E-state index in [0.717, 1.165) is 47.5 Å². The second kappa shape index (κ2) is 8.10. The molecule has 1 N–H and O–H groups in total. The molecule has 0 saturated carbocycles. The predicted octanol–water partition coefficient (Wildman–Crippen LogP) is 3.98. The van der Waals surface area contributed by atoms with Gasteiger partial charge in [0.15, 0.2) is 0 Å². The van der Waals surface area contributed by atoms with Crippen LogP contribution in [-0.2, 0) is 0 Å². The van der Waals surface area contributed by atoms with Crippen molar-refractivity contribution in [3.63, 3.8) is 0 Å². The van der Waals surface area contributed by atoms with Crippen LogP contribution in [0.2, 0.25) is 0 Å². The molecule has 1 aliphatic rings. The Balaban J connectivity index is 2.08. The molecule has 2 aromatic rings. The summed E-state index contributed by atoms with van der Waals surface area (Å²) in [4.78, 5) is 2.38. The summed E-state index contributed by atoms with van der Waals surface area (Å²) in [6.45, 7) is 6.28. The van der Waals surface area contributed by atoms with Crippen LogP contribution in [0.4, 0.5) is 4.39 Å². The van der Waals surface area contributed by atoms with Crippen LogP contribution in [0, 0.1) is 5.82 Å². The predicted molar refractivity (Wildman–Crippen MR) is 98.0 cm³/mol. The van der Waals surface area contributed by atoms with E-state index in [2.05, 4.69) is 32.2 Å². The molecule has 1 atom stereocenters. The van der Waals surface area contributed by atoms with E-state index in [9.17, 15) is 4.39 Å². The summed E-state index contributed by atoms with van der Waals surface area (Å²) < 4.78 is 20.7. The maximum absolute atomic E-state index is 13.9. The quantitative estimate of drug-likeness (QED) is 0.832. The SMILES string of the molecule is CCOc1ccc(Br)cc1C(c1cccc(F)c1)N1CCNCC1. The molecule has 3 nitrogen and oxygen atoms in total. The van der Waals surface area contributed by atoms with Crippen molar-refractivity contribution in [2.24, 2.45) is 0 Å². The highest BCUT2D eigenvalue weighted by atomic mass is 79.9. The fraction of sp³-hybridized carbons (Fsp3) is 0.368. The molecule has 24 heavy (non-hydrogen) atoms. The Hall–Kier alpha value is -1.43. The Kier molecular flexibility index (Phi) is 5.87. The van der Waals surface area contributed by atoms with Crippen LogP contribution in [0.25, 0.3) is 0 Å². The molecule has 0 radical (unpaired) electrons. The first-order valence-corrected chi connectivity index (χ1v) is 9.11. The summed E-state index contributed by atoms with van der Waals surface area (Å²) in [5.41, 5.74) is 2.02. The van der Waals surface area contributed by atoms with E-state index in [1.165, 1.54) is 6.07 Å². The molecule has 1 saturated heterocycles. The smallest absolute Gasteiger partial charge is 0.124 e. The number of piperazine rings is 1. The van der Waals surface area contributed by atoms with Gasteiger partial charge >= 0.3 is 0 Å². The first-order chi connectivity index (χ1) is 11.7. The summed E-state index contributed by atoms with van der Waals surface area (Å²) in [6.07, 6.45) is 0. The van der Waals surface area contributed by atoms with Gasteiger partial charge in [-0.25, -0.2) is 4.39 Å². The molecule has 0 spiro atoms. The van der Waals surface area contributed by atoms with E-state index < -0.39 is 0 Å². The van der Waals surface area contributed by atoms with Gasteiger partial charge in [0.1, 0.15) is 11.6 Å². The lowest BCUT2D eigenvalue weighted by Crippen LogP contribution is -2.45. The maximum Gasteiger partial charge on any atom is 0.124 e. The molecule has 0 aromatic heterocycles. The number of benzene rings is 2. The van der Waals surface area contributed by atoms with Crippen LogP contribution in [0.15, 0.2) is 46.9 Å². The van der Waals surface area contributed by atoms with E-state index >= 15 is 0 Å². The zero-order chi connectivity index (χ0) is 16.9. The van der Waals surface area contributed by atoms with Crippen LogP contribution in [0.1, 0.15) is 24.1 Å². The zero-order valence-electron chi connectivity index (χ0n) is 13.8. The van der Waals surface area contributed by atoms with Gasteiger partial charge in [0, 0.05) is 36.2 Å². The van der Waals surface area contributed by atoms with Crippen molar-refractivity contribution in [3.05, 3.63) is 63.9 Å². The molecule has 1 heterocycles. The molecule has 5 heteroatoms. The second-order valence-electron chi connectivity index (χ2n) is 5.86. The van der Waals surface area contributed by atoms with Crippen LogP contribution < -0.4 is 10.1 Å². The highest BCUT2D eigenvalue weighted by molar-refractivity contribution is 9.10. The van der Waals surface area contributed by atoms with Gasteiger partial charge in [-0.2, -0.15) is 0 Å². The summed E-state index contributed by atoms with van der Waals surface area (Å²) in [7, 11) is 0. The van der Waals surface area contributed by atoms with E-state index in [4.69, 9.17) is 4.74 Å². The van der Waals surface area contributed by atoms with Crippen molar-refractivity contribution in [2.75, 3.05) is 32.8 Å². The third-order valence-corrected chi connectivity index (χ3v) is 4.74. The molecular formula is C19H22BrFN2O. The fourth-order valence-corrected chi connectivity index (χ4v) is 3.60. The van der Waals surface area contributed by atoms with Crippen molar-refractivity contribution >= 4 is 15.9 Å². The van der Waals surface area contributed by atoms with Gasteiger partial charge in [0.25, 0.3) is 0 Å². The van der Waals surface area contributed by atoms with Gasteiger partial charge in [0.2, 0.25) is 0 Å². The largest absolute Gasteiger partial charge is 0.494 e. The average Bonchev–Trinajstić information content (AvgIpc) is 2.59. The lowest BCUT2D eigenvalue weighted by molar-refractivity contribution is 0.194. The Morgan fingerprint density at radius 1 is 1.21 bits per heavy atom. The molecule has 0 aliphatic carbocycles. The van der Waals surface area contributed by atoms with E-state index in [1.54, 1.807) is 12.1 Å². The van der Waals surface area contributed by atoms with Gasteiger partial charge in [-0.05, 0) is 42.8 Å². The monoisotopic (exact) mass is 392 g/mol. The van der Waals surface area contributed by atoms with Crippen LogP contribution >= 0.6 is 15.9 Å². The molecule has 128 valence electrons. The number of rotatable bonds is 5. The number of nitrogens with zero attached hydrogens (tertiary/aromatic N) is 1. The van der Waals surface area contributed by atoms with Crippen LogP contribution in [0.5, 0.6) is 5.75 Å². The zero-order valence-corrected chi connectivity index (χ0v) is 15.4. The van der Waals surface area contributed by atoms with Crippen molar-refractivity contribution in [2.45, 2.75) is 13.0 Å². The number of nitrogens with one attached hydrogen (secondary N) is 1. The first kappa shape index (κ1) is 17.4. The summed E-state index contributed by atoms with van der Waals surface area (Å²) in [6, 6.07) is 12.9. The minimum absolute atomic E-state index is 0.0261. The molecule has 0 bridgehead atoms. The lowest BCUT2D eigenvalue weighted by Gasteiger charge is -2.36. The maximum atomic E-state index is 13.9. The van der Waals surface area contributed by atoms with Gasteiger partial charge in [-0.1, -0.05) is 28.1 Å². The van der Waals surface area contributed by atoms with Crippen LogP contribution in [0.3, 0.4) is 0 Å². The number of ether oxygens (including phenoxy) is 1. The average molecular weight is 393 g/mol. The van der Waals surface area contributed by atoms with Crippen molar-refractivity contribution in [1.29, 1.82) is 0 Å². The minimum Gasteiger partial charge on any atom is -0.494 e. The Bertz CT molecular complexity index is 689. The third kappa shape index (κ3) is 3.97. The van der Waals surface area contributed by atoms with E-state index in [1.807, 2.05) is 25.1 Å². The number of halogens is 2. The molecule has 1 unspecified atom stereocenters. The van der Waals surface area contributed by atoms with Crippen LogP contribution in [-0.4, -0.2) is 37.7 Å². The lowest BCUT2D eigenvalue weighted by atomic mass is 9.95. The van der Waals surface area contributed by atoms with Gasteiger partial charge in [-0.15, -0.1) is 0 Å². The Morgan fingerprint density at radius 2 is 2.00 bits per heavy atom. The molecule has 1 fully saturated rings. The molecule has 2 aromatic carbocycles. The molecule has 0 amide bonds. The second-order valence-corrected chi connectivity index (χ2v) is 6.77. The fourth-order valence-electron chi connectivity index (χ4n) is 3.22. The van der Waals surface area contributed by atoms with Gasteiger partial charge in [0.05, 0.1) is 12.6 Å². The highest BCUT2D eigenvalue weighted by Gasteiger charge is 2.27. The highest BCUT2D eigenvalue weighted by Crippen LogP contribution is 2.37. The van der Waals surface area contributed by atoms with Crippen molar-refractivity contribution in [1.82, 2.24) is 10.2 Å². The van der Waals surface area contributed by atoms with Gasteiger partial charge in [-0.3, -0.25) is 4.90 Å². The third-order valence-electron chi connectivity index (χ3n) is 4.25. The first-order valence-electron chi connectivity index (χ1n) is 8.31.